The Balaban J connectivity index is 2.14. The van der Waals surface area contributed by atoms with Gasteiger partial charge >= 0.3 is 0 Å². The van der Waals surface area contributed by atoms with Gasteiger partial charge < -0.3 is 9.64 Å². The number of ether oxygens (including phenoxy) is 1. The van der Waals surface area contributed by atoms with Gasteiger partial charge in [-0.15, -0.1) is 11.8 Å². The second-order valence-corrected chi connectivity index (χ2v) is 6.37. The first-order valence-electron chi connectivity index (χ1n) is 7.25. The van der Waals surface area contributed by atoms with Crippen molar-refractivity contribution in [1.82, 2.24) is 0 Å². The topological polar surface area (TPSA) is 36.3 Å². The third kappa shape index (κ3) is 3.68. The van der Waals surface area contributed by atoms with Crippen LogP contribution >= 0.6 is 11.8 Å². The zero-order chi connectivity index (χ0) is 14.4. The van der Waals surface area contributed by atoms with Crippen LogP contribution in [0.15, 0.2) is 23.1 Å². The highest BCUT2D eigenvalue weighted by Gasteiger charge is 2.18. The lowest BCUT2D eigenvalue weighted by Gasteiger charge is -2.29. The minimum absolute atomic E-state index is 0.294. The van der Waals surface area contributed by atoms with Crippen molar-refractivity contribution >= 4 is 17.4 Å². The lowest BCUT2D eigenvalue weighted by Crippen LogP contribution is -2.33. The van der Waals surface area contributed by atoms with Gasteiger partial charge in [-0.25, -0.2) is 0 Å². The van der Waals surface area contributed by atoms with Crippen molar-refractivity contribution in [2.24, 2.45) is 0 Å². The van der Waals surface area contributed by atoms with Gasteiger partial charge in [0.1, 0.15) is 6.07 Å². The van der Waals surface area contributed by atoms with Crippen molar-refractivity contribution in [2.75, 3.05) is 30.9 Å². The second kappa shape index (κ2) is 7.56. The summed E-state index contributed by atoms with van der Waals surface area (Å²) in [5.41, 5.74) is 1.80. The van der Waals surface area contributed by atoms with Gasteiger partial charge in [0.2, 0.25) is 0 Å². The van der Waals surface area contributed by atoms with Crippen LogP contribution in [0.3, 0.4) is 0 Å². The predicted octanol–water partition coefficient (Wildman–Crippen LogP) is 3.68. The molecule has 0 bridgehead atoms. The van der Waals surface area contributed by atoms with Gasteiger partial charge in [-0.05, 0) is 37.1 Å². The third-order valence-electron chi connectivity index (χ3n) is 3.58. The highest BCUT2D eigenvalue weighted by molar-refractivity contribution is 7.99. The van der Waals surface area contributed by atoms with E-state index in [1.165, 1.54) is 12.8 Å². The molecular weight excluding hydrogens is 268 g/mol. The monoisotopic (exact) mass is 290 g/mol. The number of rotatable bonds is 5. The lowest BCUT2D eigenvalue weighted by molar-refractivity contribution is 0.0216. The van der Waals surface area contributed by atoms with Gasteiger partial charge in [-0.1, -0.05) is 13.0 Å². The van der Waals surface area contributed by atoms with Gasteiger partial charge in [-0.2, -0.15) is 5.26 Å². The zero-order valence-corrected chi connectivity index (χ0v) is 13.1. The molecule has 1 heterocycles. The molecule has 108 valence electrons. The molecule has 1 fully saturated rings. The Morgan fingerprint density at radius 1 is 1.45 bits per heavy atom. The van der Waals surface area contributed by atoms with Crippen LogP contribution in [-0.2, 0) is 4.74 Å². The number of anilines is 1. The number of nitrogens with zero attached hydrogens (tertiary/aromatic N) is 2. The van der Waals surface area contributed by atoms with E-state index in [1.807, 2.05) is 18.2 Å². The third-order valence-corrected chi connectivity index (χ3v) is 4.52. The fraction of sp³-hybridized carbons (Fsp3) is 0.562. The molecule has 3 nitrogen and oxygen atoms in total. The molecule has 0 aromatic heterocycles. The minimum atomic E-state index is 0.294. The lowest BCUT2D eigenvalue weighted by atomic mass is 10.1. The number of hydrogen-bond donors (Lipinski definition) is 0. The van der Waals surface area contributed by atoms with E-state index >= 15 is 0 Å². The zero-order valence-electron chi connectivity index (χ0n) is 12.3. The number of likely N-dealkylation sites (N-methyl/N-ethyl adjacent to an activating group) is 1. The average molecular weight is 290 g/mol. The molecule has 1 aromatic rings. The molecule has 0 N–H and O–H groups in total. The molecule has 1 aliphatic heterocycles. The molecule has 0 amide bonds. The fourth-order valence-corrected chi connectivity index (χ4v) is 3.36. The van der Waals surface area contributed by atoms with E-state index in [-0.39, 0.29) is 0 Å². The fourth-order valence-electron chi connectivity index (χ4n) is 2.58. The molecule has 2 rings (SSSR count). The summed E-state index contributed by atoms with van der Waals surface area (Å²) in [6.45, 7) is 3.84. The van der Waals surface area contributed by atoms with Gasteiger partial charge in [0.25, 0.3) is 0 Å². The SMILES string of the molecule is CCSc1cccc(N(C)CC2CCCCO2)c1C#N. The Labute approximate surface area is 125 Å². The quantitative estimate of drug-likeness (QED) is 0.775. The van der Waals surface area contributed by atoms with E-state index in [2.05, 4.69) is 24.9 Å². The number of thioether (sulfide) groups is 1. The molecular formula is C16H22N2OS. The van der Waals surface area contributed by atoms with E-state index in [9.17, 15) is 5.26 Å². The maximum absolute atomic E-state index is 9.46. The van der Waals surface area contributed by atoms with Crippen molar-refractivity contribution in [3.63, 3.8) is 0 Å². The summed E-state index contributed by atoms with van der Waals surface area (Å²) < 4.78 is 5.79. The van der Waals surface area contributed by atoms with Crippen LogP contribution in [0.1, 0.15) is 31.7 Å². The van der Waals surface area contributed by atoms with Crippen molar-refractivity contribution in [3.05, 3.63) is 23.8 Å². The summed E-state index contributed by atoms with van der Waals surface area (Å²) in [6, 6.07) is 8.46. The Morgan fingerprint density at radius 3 is 2.95 bits per heavy atom. The van der Waals surface area contributed by atoms with Gasteiger partial charge in [0.15, 0.2) is 0 Å². The first kappa shape index (κ1) is 15.2. The molecule has 1 saturated heterocycles. The van der Waals surface area contributed by atoms with Gasteiger partial charge in [0, 0.05) is 25.1 Å². The van der Waals surface area contributed by atoms with E-state index in [0.717, 1.165) is 41.5 Å². The van der Waals surface area contributed by atoms with E-state index in [0.29, 0.717) is 6.10 Å². The van der Waals surface area contributed by atoms with Crippen LogP contribution in [0.2, 0.25) is 0 Å². The second-order valence-electron chi connectivity index (χ2n) is 5.06. The maximum Gasteiger partial charge on any atom is 0.103 e. The van der Waals surface area contributed by atoms with E-state index < -0.39 is 0 Å². The van der Waals surface area contributed by atoms with E-state index in [1.54, 1.807) is 11.8 Å². The first-order chi connectivity index (χ1) is 9.76. The number of benzene rings is 1. The van der Waals surface area contributed by atoms with Gasteiger partial charge in [0.05, 0.1) is 17.4 Å². The molecule has 1 aliphatic rings. The Kier molecular flexibility index (Phi) is 5.75. The standard InChI is InChI=1S/C16H22N2OS/c1-3-20-16-9-6-8-15(14(16)11-17)18(2)12-13-7-4-5-10-19-13/h6,8-9,13H,3-5,7,10,12H2,1-2H3. The predicted molar refractivity (Wildman–Crippen MR) is 84.4 cm³/mol. The molecule has 1 aromatic carbocycles. The van der Waals surface area contributed by atoms with Crippen LogP contribution in [0.4, 0.5) is 5.69 Å². The van der Waals surface area contributed by atoms with Crippen LogP contribution in [0, 0.1) is 11.3 Å². The molecule has 1 unspecified atom stereocenters. The van der Waals surface area contributed by atoms with Crippen molar-refractivity contribution in [1.29, 1.82) is 5.26 Å². The first-order valence-corrected chi connectivity index (χ1v) is 8.23. The molecule has 0 spiro atoms. The van der Waals surface area contributed by atoms with E-state index in [4.69, 9.17) is 4.74 Å². The Hall–Kier alpha value is -1.18. The molecule has 0 radical (unpaired) electrons. The summed E-state index contributed by atoms with van der Waals surface area (Å²) >= 11 is 1.72. The highest BCUT2D eigenvalue weighted by atomic mass is 32.2. The average Bonchev–Trinajstić information content (AvgIpc) is 2.48. The minimum Gasteiger partial charge on any atom is -0.376 e. The molecule has 4 heteroatoms. The summed E-state index contributed by atoms with van der Waals surface area (Å²) in [6.07, 6.45) is 3.83. The van der Waals surface area contributed by atoms with Crippen molar-refractivity contribution in [2.45, 2.75) is 37.2 Å². The van der Waals surface area contributed by atoms with Crippen LogP contribution in [-0.4, -0.2) is 32.1 Å². The number of hydrogen-bond acceptors (Lipinski definition) is 4. The molecule has 1 atom stereocenters. The highest BCUT2D eigenvalue weighted by Crippen LogP contribution is 2.30. The largest absolute Gasteiger partial charge is 0.376 e. The maximum atomic E-state index is 9.46. The summed E-state index contributed by atoms with van der Waals surface area (Å²) in [5, 5.41) is 9.46. The van der Waals surface area contributed by atoms with Gasteiger partial charge in [-0.3, -0.25) is 0 Å². The molecule has 0 saturated carbocycles. The smallest absolute Gasteiger partial charge is 0.103 e. The van der Waals surface area contributed by atoms with Crippen LogP contribution in [0.25, 0.3) is 0 Å². The Bertz CT molecular complexity index is 478. The molecule has 0 aliphatic carbocycles. The normalized spacial score (nSPS) is 18.6. The van der Waals surface area contributed by atoms with Crippen molar-refractivity contribution < 1.29 is 4.74 Å². The summed E-state index contributed by atoms with van der Waals surface area (Å²) in [4.78, 5) is 3.23. The summed E-state index contributed by atoms with van der Waals surface area (Å²) in [5.74, 6) is 0.980. The number of nitriles is 1. The van der Waals surface area contributed by atoms with Crippen molar-refractivity contribution in [3.8, 4) is 6.07 Å². The van der Waals surface area contributed by atoms with Crippen LogP contribution < -0.4 is 4.90 Å². The molecule has 20 heavy (non-hydrogen) atoms. The summed E-state index contributed by atoms with van der Waals surface area (Å²) in [7, 11) is 2.05. The Morgan fingerprint density at radius 2 is 2.30 bits per heavy atom. The van der Waals surface area contributed by atoms with Crippen LogP contribution in [0.5, 0.6) is 0 Å².